The zero-order chi connectivity index (χ0) is 16.8. The van der Waals surface area contributed by atoms with E-state index in [2.05, 4.69) is 15.0 Å². The van der Waals surface area contributed by atoms with Gasteiger partial charge >= 0.3 is 6.18 Å². The number of ether oxygens (including phenoxy) is 1. The number of rotatable bonds is 7. The second kappa shape index (κ2) is 7.40. The molecule has 0 spiro atoms. The summed E-state index contributed by atoms with van der Waals surface area (Å²) in [4.78, 5) is 15.4. The molecule has 124 valence electrons. The number of pyridine rings is 1. The summed E-state index contributed by atoms with van der Waals surface area (Å²) in [5.41, 5.74) is -0.178. The third-order valence-electron chi connectivity index (χ3n) is 2.28. The van der Waals surface area contributed by atoms with Crippen LogP contribution in [-0.2, 0) is 10.0 Å². The first kappa shape index (κ1) is 18.2. The highest BCUT2D eigenvalue weighted by molar-refractivity contribution is 7.89. The van der Waals surface area contributed by atoms with Crippen LogP contribution >= 0.6 is 0 Å². The van der Waals surface area contributed by atoms with Crippen molar-refractivity contribution in [2.24, 2.45) is 5.14 Å². The number of hydrogen-bond acceptors (Lipinski definition) is 5. The lowest BCUT2D eigenvalue weighted by Gasteiger charge is -2.11. The predicted octanol–water partition coefficient (Wildman–Crippen LogP) is 0.431. The van der Waals surface area contributed by atoms with E-state index in [0.717, 1.165) is 0 Å². The molecule has 1 rings (SSSR count). The molecule has 0 radical (unpaired) electrons. The van der Waals surface area contributed by atoms with Crippen LogP contribution in [0.25, 0.3) is 0 Å². The van der Waals surface area contributed by atoms with Gasteiger partial charge in [0.2, 0.25) is 15.9 Å². The Bertz CT molecular complexity index is 619. The van der Waals surface area contributed by atoms with Crippen molar-refractivity contribution in [2.45, 2.75) is 12.6 Å². The van der Waals surface area contributed by atoms with Gasteiger partial charge in [-0.2, -0.15) is 13.2 Å². The molecule has 1 heterocycles. The number of alkyl halides is 3. The van der Waals surface area contributed by atoms with Crippen molar-refractivity contribution >= 4 is 15.9 Å². The van der Waals surface area contributed by atoms with Crippen molar-refractivity contribution in [1.29, 1.82) is 0 Å². The second-order valence-corrected chi connectivity index (χ2v) is 5.97. The van der Waals surface area contributed by atoms with Crippen LogP contribution in [0.2, 0.25) is 0 Å². The van der Waals surface area contributed by atoms with Gasteiger partial charge in [-0.25, -0.2) is 18.5 Å². The summed E-state index contributed by atoms with van der Waals surface area (Å²) < 4.78 is 62.2. The Balaban J connectivity index is 2.61. The van der Waals surface area contributed by atoms with Gasteiger partial charge < -0.3 is 10.1 Å². The Morgan fingerprint density at radius 1 is 1.41 bits per heavy atom. The lowest BCUT2D eigenvalue weighted by Crippen LogP contribution is -2.28. The number of halogens is 3. The number of nitrogens with two attached hydrogens (primary N) is 1. The molecule has 0 fully saturated rings. The minimum atomic E-state index is -4.55. The highest BCUT2D eigenvalue weighted by atomic mass is 32.2. The molecular weight excluding hydrogens is 327 g/mol. The van der Waals surface area contributed by atoms with Crippen molar-refractivity contribution in [3.8, 4) is 5.88 Å². The third-order valence-corrected chi connectivity index (χ3v) is 3.14. The van der Waals surface area contributed by atoms with Gasteiger partial charge in [0.25, 0.3) is 5.91 Å². The van der Waals surface area contributed by atoms with Crippen molar-refractivity contribution in [1.82, 2.24) is 10.3 Å². The van der Waals surface area contributed by atoms with Crippen LogP contribution in [0.5, 0.6) is 5.88 Å². The molecular formula is C11H14F3N3O4S. The fraction of sp³-hybridized carbons (Fsp3) is 0.455. The number of amides is 1. The summed E-state index contributed by atoms with van der Waals surface area (Å²) in [6.07, 6.45) is -3.30. The van der Waals surface area contributed by atoms with E-state index in [4.69, 9.17) is 5.14 Å². The fourth-order valence-electron chi connectivity index (χ4n) is 1.40. The minimum absolute atomic E-state index is 0.0110. The molecule has 0 saturated heterocycles. The molecule has 0 aliphatic carbocycles. The van der Waals surface area contributed by atoms with E-state index in [1.54, 1.807) is 0 Å². The first-order chi connectivity index (χ1) is 10.1. The standard InChI is InChI=1S/C11H14F3N3O4S/c12-11(13,14)7-21-10-8(3-1-4-17-10)9(18)16-5-2-6-22(15,19)20/h1,3-4H,2,5-7H2,(H,16,18)(H2,15,19,20). The number of carbonyl (C=O) groups excluding carboxylic acids is 1. The number of hydrogen-bond donors (Lipinski definition) is 2. The lowest BCUT2D eigenvalue weighted by molar-refractivity contribution is -0.154. The van der Waals surface area contributed by atoms with Crippen molar-refractivity contribution in [3.05, 3.63) is 23.9 Å². The van der Waals surface area contributed by atoms with Gasteiger partial charge in [-0.15, -0.1) is 0 Å². The molecule has 22 heavy (non-hydrogen) atoms. The lowest BCUT2D eigenvalue weighted by atomic mass is 10.2. The quantitative estimate of drug-likeness (QED) is 0.699. The van der Waals surface area contributed by atoms with Crippen molar-refractivity contribution in [3.63, 3.8) is 0 Å². The summed E-state index contributed by atoms with van der Waals surface area (Å²) >= 11 is 0. The number of aromatic nitrogens is 1. The van der Waals surface area contributed by atoms with E-state index < -0.39 is 34.6 Å². The summed E-state index contributed by atoms with van der Waals surface area (Å²) in [6.45, 7) is -1.58. The molecule has 7 nitrogen and oxygen atoms in total. The van der Waals surface area contributed by atoms with E-state index in [-0.39, 0.29) is 24.3 Å². The minimum Gasteiger partial charge on any atom is -0.467 e. The van der Waals surface area contributed by atoms with Gasteiger partial charge in [0.05, 0.1) is 5.75 Å². The number of sulfonamides is 1. The SMILES string of the molecule is NS(=O)(=O)CCCNC(=O)c1cccnc1OCC(F)(F)F. The monoisotopic (exact) mass is 341 g/mol. The summed E-state index contributed by atoms with van der Waals surface area (Å²) in [7, 11) is -3.63. The Morgan fingerprint density at radius 3 is 2.68 bits per heavy atom. The highest BCUT2D eigenvalue weighted by Crippen LogP contribution is 2.19. The van der Waals surface area contributed by atoms with Gasteiger partial charge in [0.1, 0.15) is 5.56 Å². The highest BCUT2D eigenvalue weighted by Gasteiger charge is 2.29. The van der Waals surface area contributed by atoms with Gasteiger partial charge in [0, 0.05) is 12.7 Å². The van der Waals surface area contributed by atoms with Crippen LogP contribution < -0.4 is 15.2 Å². The van der Waals surface area contributed by atoms with Gasteiger partial charge in [-0.05, 0) is 18.6 Å². The summed E-state index contributed by atoms with van der Waals surface area (Å²) in [5, 5.41) is 7.14. The number of carbonyl (C=O) groups is 1. The molecule has 0 aromatic carbocycles. The molecule has 0 saturated carbocycles. The van der Waals surface area contributed by atoms with E-state index in [1.165, 1.54) is 18.3 Å². The fourth-order valence-corrected chi connectivity index (χ4v) is 1.95. The summed E-state index contributed by atoms with van der Waals surface area (Å²) in [6, 6.07) is 2.60. The number of nitrogens with zero attached hydrogens (tertiary/aromatic N) is 1. The Kier molecular flexibility index (Phi) is 6.11. The molecule has 1 aromatic rings. The average molecular weight is 341 g/mol. The van der Waals surface area contributed by atoms with Crippen LogP contribution in [-0.4, -0.2) is 44.4 Å². The Labute approximate surface area is 124 Å². The third kappa shape index (κ3) is 7.22. The molecule has 0 atom stereocenters. The predicted molar refractivity (Wildman–Crippen MR) is 70.7 cm³/mol. The van der Waals surface area contributed by atoms with Crippen molar-refractivity contribution < 1.29 is 31.1 Å². The number of primary sulfonamides is 1. The van der Waals surface area contributed by atoms with Crippen LogP contribution in [0.1, 0.15) is 16.8 Å². The van der Waals surface area contributed by atoms with Crippen LogP contribution in [0.3, 0.4) is 0 Å². The maximum absolute atomic E-state index is 12.1. The Hall–Kier alpha value is -1.88. The first-order valence-corrected chi connectivity index (χ1v) is 7.73. The first-order valence-electron chi connectivity index (χ1n) is 6.02. The maximum atomic E-state index is 12.1. The average Bonchev–Trinajstić information content (AvgIpc) is 2.39. The molecule has 3 N–H and O–H groups in total. The zero-order valence-electron chi connectivity index (χ0n) is 11.3. The molecule has 1 amide bonds. The van der Waals surface area contributed by atoms with Crippen LogP contribution in [0.4, 0.5) is 13.2 Å². The smallest absolute Gasteiger partial charge is 0.422 e. The second-order valence-electron chi connectivity index (χ2n) is 4.24. The van der Waals surface area contributed by atoms with Crippen LogP contribution in [0, 0.1) is 0 Å². The Morgan fingerprint density at radius 2 is 2.09 bits per heavy atom. The van der Waals surface area contributed by atoms with Gasteiger partial charge in [0.15, 0.2) is 6.61 Å². The number of nitrogens with one attached hydrogen (secondary N) is 1. The topological polar surface area (TPSA) is 111 Å². The van der Waals surface area contributed by atoms with E-state index in [9.17, 15) is 26.4 Å². The van der Waals surface area contributed by atoms with Crippen LogP contribution in [0.15, 0.2) is 18.3 Å². The molecule has 11 heteroatoms. The zero-order valence-corrected chi connectivity index (χ0v) is 12.1. The molecule has 0 bridgehead atoms. The van der Waals surface area contributed by atoms with Gasteiger partial charge in [-0.1, -0.05) is 0 Å². The maximum Gasteiger partial charge on any atom is 0.422 e. The normalized spacial score (nSPS) is 12.0. The largest absolute Gasteiger partial charge is 0.467 e. The summed E-state index contributed by atoms with van der Waals surface area (Å²) in [5.74, 6) is -1.50. The van der Waals surface area contributed by atoms with E-state index in [1.807, 2.05) is 0 Å². The molecule has 1 aromatic heterocycles. The van der Waals surface area contributed by atoms with E-state index >= 15 is 0 Å². The molecule has 0 aliphatic rings. The van der Waals surface area contributed by atoms with Gasteiger partial charge in [-0.3, -0.25) is 4.79 Å². The van der Waals surface area contributed by atoms with E-state index in [0.29, 0.717) is 0 Å². The van der Waals surface area contributed by atoms with Crippen molar-refractivity contribution in [2.75, 3.05) is 18.9 Å². The molecule has 0 unspecified atom stereocenters. The molecule has 0 aliphatic heterocycles.